The summed E-state index contributed by atoms with van der Waals surface area (Å²) in [6.07, 6.45) is 6.53. The molecule has 1 saturated carbocycles. The first-order valence-electron chi connectivity index (χ1n) is 12.8. The number of nitrogens with one attached hydrogen (secondary N) is 2. The van der Waals surface area contributed by atoms with Gasteiger partial charge in [0.15, 0.2) is 11.5 Å². The second-order valence-electron chi connectivity index (χ2n) is 9.82. The van der Waals surface area contributed by atoms with E-state index in [1.54, 1.807) is 0 Å². The molecule has 3 aromatic rings. The molecule has 2 N–H and O–H groups in total. The van der Waals surface area contributed by atoms with E-state index in [-0.39, 0.29) is 22.9 Å². The van der Waals surface area contributed by atoms with Crippen LogP contribution in [0.3, 0.4) is 0 Å². The number of hydrogen-bond acceptors (Lipinski definition) is 5. The van der Waals surface area contributed by atoms with E-state index in [0.717, 1.165) is 31.5 Å². The number of carbonyl (C=O) groups excluding carboxylic acids is 2. The number of rotatable bonds is 6. The van der Waals surface area contributed by atoms with Crippen molar-refractivity contribution in [3.63, 3.8) is 0 Å². The van der Waals surface area contributed by atoms with Gasteiger partial charge in [0.05, 0.1) is 11.5 Å². The first-order valence-corrected chi connectivity index (χ1v) is 12.8. The molecule has 5 rings (SSSR count). The normalized spacial score (nSPS) is 20.9. The third-order valence-electron chi connectivity index (χ3n) is 7.37. The summed E-state index contributed by atoms with van der Waals surface area (Å²) in [6.45, 7) is 1.34. The Hall–Kier alpha value is -3.59. The molecule has 2 aliphatic rings. The Morgan fingerprint density at radius 2 is 1.76 bits per heavy atom. The molecule has 1 aliphatic carbocycles. The van der Waals surface area contributed by atoms with Crippen LogP contribution in [0, 0.1) is 17.6 Å². The van der Waals surface area contributed by atoms with E-state index in [9.17, 15) is 18.4 Å². The highest BCUT2D eigenvalue weighted by Gasteiger charge is 2.38. The number of piperidine rings is 1. The summed E-state index contributed by atoms with van der Waals surface area (Å²) in [4.78, 5) is 28.8. The number of carbonyl (C=O) groups is 2. The lowest BCUT2D eigenvalue weighted by Crippen LogP contribution is -2.57. The predicted octanol–water partition coefficient (Wildman–Crippen LogP) is 5.01. The molecular weight excluding hydrogens is 478 g/mol. The molecule has 2 heterocycles. The van der Waals surface area contributed by atoms with Crippen LogP contribution in [0.15, 0.2) is 59.1 Å². The molecule has 2 amide bonds. The SMILES string of the molecule is O=C(N[C@H]1CCN(C2CCCCC2)C[C@@H]1C(=O)Nc1ccccc1)c1cc(-c2ccc(F)cc2F)on1. The smallest absolute Gasteiger partial charge is 0.273 e. The van der Waals surface area contributed by atoms with Gasteiger partial charge in [0.1, 0.15) is 11.6 Å². The van der Waals surface area contributed by atoms with Crippen molar-refractivity contribution in [1.29, 1.82) is 0 Å². The largest absolute Gasteiger partial charge is 0.355 e. The molecule has 1 aliphatic heterocycles. The van der Waals surface area contributed by atoms with Crippen LogP contribution in [0.1, 0.15) is 49.0 Å². The van der Waals surface area contributed by atoms with Crippen molar-refractivity contribution >= 4 is 17.5 Å². The van der Waals surface area contributed by atoms with Gasteiger partial charge in [-0.25, -0.2) is 8.78 Å². The summed E-state index contributed by atoms with van der Waals surface area (Å²) in [7, 11) is 0. The summed E-state index contributed by atoms with van der Waals surface area (Å²) >= 11 is 0. The van der Waals surface area contributed by atoms with Crippen LogP contribution in [0.5, 0.6) is 0 Å². The van der Waals surface area contributed by atoms with Gasteiger partial charge < -0.3 is 15.2 Å². The molecule has 1 saturated heterocycles. The van der Waals surface area contributed by atoms with Crippen LogP contribution in [0.2, 0.25) is 0 Å². The van der Waals surface area contributed by atoms with Crippen molar-refractivity contribution in [2.24, 2.45) is 5.92 Å². The lowest BCUT2D eigenvalue weighted by Gasteiger charge is -2.43. The van der Waals surface area contributed by atoms with E-state index < -0.39 is 29.5 Å². The maximum atomic E-state index is 14.2. The topological polar surface area (TPSA) is 87.5 Å². The van der Waals surface area contributed by atoms with Crippen molar-refractivity contribution in [1.82, 2.24) is 15.4 Å². The number of nitrogens with zero attached hydrogens (tertiary/aromatic N) is 2. The Kier molecular flexibility index (Phi) is 7.60. The Bertz CT molecular complexity index is 1240. The van der Waals surface area contributed by atoms with Crippen molar-refractivity contribution in [2.75, 3.05) is 18.4 Å². The third-order valence-corrected chi connectivity index (χ3v) is 7.37. The number of amides is 2. The number of likely N-dealkylation sites (tertiary alicyclic amines) is 1. The van der Waals surface area contributed by atoms with Crippen LogP contribution in [0.25, 0.3) is 11.3 Å². The number of hydrogen-bond donors (Lipinski definition) is 2. The minimum Gasteiger partial charge on any atom is -0.355 e. The lowest BCUT2D eigenvalue weighted by molar-refractivity contribution is -0.122. The first kappa shape index (κ1) is 25.1. The minimum absolute atomic E-state index is 0.00820. The second kappa shape index (κ2) is 11.2. The van der Waals surface area contributed by atoms with Gasteiger partial charge in [-0.15, -0.1) is 0 Å². The number of benzene rings is 2. The van der Waals surface area contributed by atoms with Crippen LogP contribution in [-0.2, 0) is 4.79 Å². The molecule has 0 unspecified atom stereocenters. The number of halogens is 2. The zero-order chi connectivity index (χ0) is 25.8. The molecule has 0 spiro atoms. The molecular formula is C28H30F2N4O3. The highest BCUT2D eigenvalue weighted by molar-refractivity contribution is 5.96. The number of aromatic nitrogens is 1. The Balaban J connectivity index is 1.31. The Labute approximate surface area is 214 Å². The van der Waals surface area contributed by atoms with E-state index in [4.69, 9.17) is 4.52 Å². The fourth-order valence-corrected chi connectivity index (χ4v) is 5.39. The molecule has 2 aromatic carbocycles. The van der Waals surface area contributed by atoms with Gasteiger partial charge in [0.25, 0.3) is 5.91 Å². The van der Waals surface area contributed by atoms with Crippen molar-refractivity contribution in [3.8, 4) is 11.3 Å². The molecule has 9 heteroatoms. The van der Waals surface area contributed by atoms with Gasteiger partial charge in [-0.05, 0) is 43.5 Å². The fraction of sp³-hybridized carbons (Fsp3) is 0.393. The third kappa shape index (κ3) is 5.88. The fourth-order valence-electron chi connectivity index (χ4n) is 5.39. The number of para-hydroxylation sites is 1. The summed E-state index contributed by atoms with van der Waals surface area (Å²) in [5, 5.41) is 9.74. The van der Waals surface area contributed by atoms with Gasteiger partial charge >= 0.3 is 0 Å². The zero-order valence-corrected chi connectivity index (χ0v) is 20.5. The van der Waals surface area contributed by atoms with Gasteiger partial charge in [-0.1, -0.05) is 42.6 Å². The molecule has 0 radical (unpaired) electrons. The van der Waals surface area contributed by atoms with Crippen molar-refractivity contribution in [3.05, 3.63) is 71.9 Å². The van der Waals surface area contributed by atoms with E-state index in [2.05, 4.69) is 20.7 Å². The van der Waals surface area contributed by atoms with Crippen LogP contribution in [0.4, 0.5) is 14.5 Å². The van der Waals surface area contributed by atoms with E-state index in [1.165, 1.54) is 31.4 Å². The molecule has 7 nitrogen and oxygen atoms in total. The molecule has 194 valence electrons. The van der Waals surface area contributed by atoms with Gasteiger partial charge in [-0.2, -0.15) is 0 Å². The average molecular weight is 509 g/mol. The summed E-state index contributed by atoms with van der Waals surface area (Å²) in [6, 6.07) is 13.7. The summed E-state index contributed by atoms with van der Waals surface area (Å²) in [5.41, 5.74) is 0.680. The molecule has 1 aromatic heterocycles. The quantitative estimate of drug-likeness (QED) is 0.489. The standard InChI is InChI=1S/C28H30F2N4O3/c29-18-11-12-21(23(30)15-18)26-16-25(33-37-26)28(36)32-24-13-14-34(20-9-5-2-6-10-20)17-22(24)27(35)31-19-7-3-1-4-8-19/h1,3-4,7-8,11-12,15-16,20,22,24H,2,5-6,9-10,13-14,17H2,(H,31,35)(H,32,36)/t22-,24-/m0/s1. The molecule has 2 atom stereocenters. The average Bonchev–Trinajstić information content (AvgIpc) is 3.40. The number of anilines is 1. The van der Waals surface area contributed by atoms with Crippen molar-refractivity contribution in [2.45, 2.75) is 50.6 Å². The predicted molar refractivity (Wildman–Crippen MR) is 135 cm³/mol. The Morgan fingerprint density at radius 1 is 0.973 bits per heavy atom. The highest BCUT2D eigenvalue weighted by atomic mass is 19.1. The maximum absolute atomic E-state index is 14.2. The van der Waals surface area contributed by atoms with E-state index in [1.807, 2.05) is 30.3 Å². The van der Waals surface area contributed by atoms with Crippen LogP contribution < -0.4 is 10.6 Å². The van der Waals surface area contributed by atoms with Crippen LogP contribution >= 0.6 is 0 Å². The monoisotopic (exact) mass is 508 g/mol. The van der Waals surface area contributed by atoms with E-state index in [0.29, 0.717) is 24.7 Å². The zero-order valence-electron chi connectivity index (χ0n) is 20.5. The molecule has 37 heavy (non-hydrogen) atoms. The lowest BCUT2D eigenvalue weighted by atomic mass is 9.87. The van der Waals surface area contributed by atoms with Gasteiger partial charge in [-0.3, -0.25) is 14.5 Å². The first-order chi connectivity index (χ1) is 18.0. The van der Waals surface area contributed by atoms with Gasteiger partial charge in [0, 0.05) is 43.0 Å². The van der Waals surface area contributed by atoms with E-state index >= 15 is 0 Å². The summed E-state index contributed by atoms with van der Waals surface area (Å²) < 4.78 is 32.6. The molecule has 0 bridgehead atoms. The van der Waals surface area contributed by atoms with Crippen LogP contribution in [-0.4, -0.2) is 47.0 Å². The van der Waals surface area contributed by atoms with Crippen molar-refractivity contribution < 1.29 is 22.9 Å². The minimum atomic E-state index is -0.809. The summed E-state index contributed by atoms with van der Waals surface area (Å²) in [5.74, 6) is -2.61. The second-order valence-corrected chi connectivity index (χ2v) is 9.82. The maximum Gasteiger partial charge on any atom is 0.273 e. The highest BCUT2D eigenvalue weighted by Crippen LogP contribution is 2.29. The molecule has 2 fully saturated rings. The Morgan fingerprint density at radius 3 is 2.51 bits per heavy atom. The van der Waals surface area contributed by atoms with Gasteiger partial charge in [0.2, 0.25) is 5.91 Å².